The molecule has 0 fully saturated rings. The van der Waals surface area contributed by atoms with E-state index in [0.717, 1.165) is 12.8 Å². The fraction of sp³-hybridized carbons (Fsp3) is 0.636. The predicted octanol–water partition coefficient (Wildman–Crippen LogP) is 2.70. The number of rotatable bonds is 5. The van der Waals surface area contributed by atoms with E-state index in [9.17, 15) is 13.2 Å². The van der Waals surface area contributed by atoms with Crippen LogP contribution in [0.1, 0.15) is 32.5 Å². The molecule has 1 aromatic rings. The average molecular weight is 262 g/mol. The summed E-state index contributed by atoms with van der Waals surface area (Å²) in [6.45, 7) is 5.19. The van der Waals surface area contributed by atoms with Crippen molar-refractivity contribution in [3.63, 3.8) is 0 Å². The van der Waals surface area contributed by atoms with Gasteiger partial charge < -0.3 is 10.6 Å². The van der Waals surface area contributed by atoms with Gasteiger partial charge in [0.05, 0.1) is 0 Å². The van der Waals surface area contributed by atoms with Crippen molar-refractivity contribution in [2.75, 3.05) is 23.7 Å². The number of hydrogen-bond donors (Lipinski definition) is 1. The van der Waals surface area contributed by atoms with Gasteiger partial charge in [0, 0.05) is 19.2 Å². The van der Waals surface area contributed by atoms with Crippen molar-refractivity contribution >= 4 is 11.6 Å². The van der Waals surface area contributed by atoms with Gasteiger partial charge >= 0.3 is 6.18 Å². The van der Waals surface area contributed by atoms with Gasteiger partial charge in [-0.25, -0.2) is 9.97 Å². The van der Waals surface area contributed by atoms with Crippen LogP contribution in [0.3, 0.4) is 0 Å². The largest absolute Gasteiger partial charge is 0.451 e. The van der Waals surface area contributed by atoms with Gasteiger partial charge in [-0.15, -0.1) is 0 Å². The lowest BCUT2D eigenvalue weighted by Crippen LogP contribution is -2.27. The average Bonchev–Trinajstić information content (AvgIpc) is 2.27. The lowest BCUT2D eigenvalue weighted by atomic mass is 10.3. The fourth-order valence-corrected chi connectivity index (χ4v) is 1.62. The zero-order valence-electron chi connectivity index (χ0n) is 10.5. The van der Waals surface area contributed by atoms with Crippen LogP contribution in [0.2, 0.25) is 0 Å². The number of aromatic nitrogens is 2. The lowest BCUT2D eigenvalue weighted by Gasteiger charge is -2.23. The zero-order chi connectivity index (χ0) is 13.8. The Morgan fingerprint density at radius 3 is 2.17 bits per heavy atom. The van der Waals surface area contributed by atoms with Crippen LogP contribution in [0, 0.1) is 0 Å². The van der Waals surface area contributed by atoms with Gasteiger partial charge in [-0.3, -0.25) is 0 Å². The summed E-state index contributed by atoms with van der Waals surface area (Å²) in [6, 6.07) is 1.38. The van der Waals surface area contributed by atoms with E-state index >= 15 is 0 Å². The van der Waals surface area contributed by atoms with Gasteiger partial charge in [0.25, 0.3) is 0 Å². The van der Waals surface area contributed by atoms with Gasteiger partial charge in [0.2, 0.25) is 5.82 Å². The van der Waals surface area contributed by atoms with Gasteiger partial charge in [-0.2, -0.15) is 13.2 Å². The minimum atomic E-state index is -4.58. The summed E-state index contributed by atoms with van der Waals surface area (Å²) in [5.41, 5.74) is 5.41. The highest BCUT2D eigenvalue weighted by atomic mass is 19.4. The molecular weight excluding hydrogens is 245 g/mol. The quantitative estimate of drug-likeness (QED) is 0.886. The molecule has 0 saturated carbocycles. The van der Waals surface area contributed by atoms with Crippen molar-refractivity contribution in [3.8, 4) is 0 Å². The van der Waals surface area contributed by atoms with Gasteiger partial charge in [0.1, 0.15) is 11.6 Å². The molecule has 0 saturated heterocycles. The molecule has 0 radical (unpaired) electrons. The molecule has 0 aliphatic carbocycles. The second kappa shape index (κ2) is 5.88. The molecule has 2 N–H and O–H groups in total. The molecule has 7 heteroatoms. The molecule has 18 heavy (non-hydrogen) atoms. The van der Waals surface area contributed by atoms with Crippen molar-refractivity contribution < 1.29 is 13.2 Å². The Hall–Kier alpha value is -1.53. The summed E-state index contributed by atoms with van der Waals surface area (Å²) in [5.74, 6) is -1.11. The monoisotopic (exact) mass is 262 g/mol. The third-order valence-electron chi connectivity index (χ3n) is 2.30. The van der Waals surface area contributed by atoms with Crippen molar-refractivity contribution in [1.82, 2.24) is 9.97 Å². The summed E-state index contributed by atoms with van der Waals surface area (Å²) in [5, 5.41) is 0. The van der Waals surface area contributed by atoms with Gasteiger partial charge in [0.15, 0.2) is 0 Å². The van der Waals surface area contributed by atoms with Crippen LogP contribution in [0.15, 0.2) is 6.07 Å². The zero-order valence-corrected chi connectivity index (χ0v) is 10.5. The minimum absolute atomic E-state index is 0.162. The Labute approximate surface area is 104 Å². The van der Waals surface area contributed by atoms with E-state index in [2.05, 4.69) is 9.97 Å². The first-order valence-electron chi connectivity index (χ1n) is 5.85. The molecule has 1 aromatic heterocycles. The maximum absolute atomic E-state index is 12.6. The first kappa shape index (κ1) is 14.5. The second-order valence-corrected chi connectivity index (χ2v) is 3.96. The van der Waals surface area contributed by atoms with Gasteiger partial charge in [-0.05, 0) is 12.8 Å². The van der Waals surface area contributed by atoms with Crippen molar-refractivity contribution in [1.29, 1.82) is 0 Å². The summed E-state index contributed by atoms with van der Waals surface area (Å²) >= 11 is 0. The SMILES string of the molecule is CCCN(CCC)c1cc(N)nc(C(F)(F)F)n1. The first-order valence-corrected chi connectivity index (χ1v) is 5.85. The molecule has 1 heterocycles. The number of alkyl halides is 3. The Kier molecular flexibility index (Phi) is 4.75. The maximum Gasteiger partial charge on any atom is 0.451 e. The molecule has 0 aromatic carbocycles. The van der Waals surface area contributed by atoms with Crippen LogP contribution < -0.4 is 10.6 Å². The van der Waals surface area contributed by atoms with E-state index in [4.69, 9.17) is 5.73 Å². The van der Waals surface area contributed by atoms with E-state index in [1.165, 1.54) is 6.07 Å². The Balaban J connectivity index is 3.10. The van der Waals surface area contributed by atoms with Crippen molar-refractivity contribution in [2.24, 2.45) is 0 Å². The number of nitrogens with zero attached hydrogens (tertiary/aromatic N) is 3. The molecule has 4 nitrogen and oxygen atoms in total. The maximum atomic E-state index is 12.6. The standard InChI is InChI=1S/C11H17F3N4/c1-3-5-18(6-4-2)9-7-8(15)16-10(17-9)11(12,13)14/h7H,3-6H2,1-2H3,(H2,15,16,17). The normalized spacial score (nSPS) is 11.6. The van der Waals surface area contributed by atoms with Crippen molar-refractivity contribution in [2.45, 2.75) is 32.9 Å². The Morgan fingerprint density at radius 1 is 1.17 bits per heavy atom. The fourth-order valence-electron chi connectivity index (χ4n) is 1.62. The highest BCUT2D eigenvalue weighted by Gasteiger charge is 2.35. The number of hydrogen-bond acceptors (Lipinski definition) is 4. The molecule has 1 rings (SSSR count). The number of nitrogen functional groups attached to an aromatic ring is 1. The summed E-state index contributed by atoms with van der Waals surface area (Å²) in [6.07, 6.45) is -2.93. The molecule has 0 aliphatic heterocycles. The lowest BCUT2D eigenvalue weighted by molar-refractivity contribution is -0.144. The van der Waals surface area contributed by atoms with Crippen LogP contribution in [-0.4, -0.2) is 23.1 Å². The molecule has 0 aliphatic rings. The summed E-state index contributed by atoms with van der Waals surface area (Å²) in [7, 11) is 0. The van der Waals surface area contributed by atoms with E-state index in [1.54, 1.807) is 4.90 Å². The van der Waals surface area contributed by atoms with E-state index in [1.807, 2.05) is 13.8 Å². The first-order chi connectivity index (χ1) is 8.38. The summed E-state index contributed by atoms with van der Waals surface area (Å²) in [4.78, 5) is 8.56. The highest BCUT2D eigenvalue weighted by molar-refractivity contribution is 5.47. The summed E-state index contributed by atoms with van der Waals surface area (Å²) < 4.78 is 37.8. The molecular formula is C11H17F3N4. The van der Waals surface area contributed by atoms with Crippen LogP contribution in [0.5, 0.6) is 0 Å². The van der Waals surface area contributed by atoms with Gasteiger partial charge in [-0.1, -0.05) is 13.8 Å². The van der Waals surface area contributed by atoms with E-state index in [-0.39, 0.29) is 11.6 Å². The smallest absolute Gasteiger partial charge is 0.384 e. The van der Waals surface area contributed by atoms with E-state index < -0.39 is 12.0 Å². The number of anilines is 2. The predicted molar refractivity (Wildman–Crippen MR) is 64.2 cm³/mol. The third-order valence-corrected chi connectivity index (χ3v) is 2.30. The number of halogens is 3. The molecule has 0 atom stereocenters. The van der Waals surface area contributed by atoms with E-state index in [0.29, 0.717) is 13.1 Å². The van der Waals surface area contributed by atoms with Crippen LogP contribution >= 0.6 is 0 Å². The second-order valence-electron chi connectivity index (χ2n) is 3.96. The molecule has 0 bridgehead atoms. The Bertz CT molecular complexity index is 386. The number of nitrogens with two attached hydrogens (primary N) is 1. The third kappa shape index (κ3) is 3.75. The minimum Gasteiger partial charge on any atom is -0.384 e. The molecule has 102 valence electrons. The molecule has 0 spiro atoms. The Morgan fingerprint density at radius 2 is 1.72 bits per heavy atom. The van der Waals surface area contributed by atoms with Crippen LogP contribution in [0.25, 0.3) is 0 Å². The van der Waals surface area contributed by atoms with Crippen LogP contribution in [0.4, 0.5) is 24.8 Å². The highest BCUT2D eigenvalue weighted by Crippen LogP contribution is 2.28. The van der Waals surface area contributed by atoms with Crippen LogP contribution in [-0.2, 0) is 6.18 Å². The topological polar surface area (TPSA) is 55.0 Å². The molecule has 0 unspecified atom stereocenters. The molecule has 0 amide bonds. The van der Waals surface area contributed by atoms with Crippen molar-refractivity contribution in [3.05, 3.63) is 11.9 Å².